The number of ether oxygens (including phenoxy) is 1. The lowest BCUT2D eigenvalue weighted by Gasteiger charge is -2.37. The molecule has 1 aliphatic heterocycles. The summed E-state index contributed by atoms with van der Waals surface area (Å²) in [5, 5.41) is 11.2. The van der Waals surface area contributed by atoms with Gasteiger partial charge in [-0.15, -0.1) is 0 Å². The minimum absolute atomic E-state index is 0.115. The number of nitrogens with zero attached hydrogens (tertiary/aromatic N) is 1. The molecule has 0 aliphatic carbocycles. The second-order valence-electron chi connectivity index (χ2n) is 8.13. The van der Waals surface area contributed by atoms with Crippen LogP contribution in [0.3, 0.4) is 0 Å². The van der Waals surface area contributed by atoms with Crippen molar-refractivity contribution in [2.24, 2.45) is 11.8 Å². The Morgan fingerprint density at radius 1 is 1.00 bits per heavy atom. The molecule has 2 aromatic carbocycles. The van der Waals surface area contributed by atoms with E-state index in [0.29, 0.717) is 18.9 Å². The maximum Gasteiger partial charge on any atom is 0.311 e. The van der Waals surface area contributed by atoms with Gasteiger partial charge in [0.1, 0.15) is 0 Å². The van der Waals surface area contributed by atoms with Crippen LogP contribution < -0.4 is 0 Å². The van der Waals surface area contributed by atoms with E-state index < -0.39 is 12.0 Å². The van der Waals surface area contributed by atoms with E-state index in [-0.39, 0.29) is 12.0 Å². The highest BCUT2D eigenvalue weighted by atomic mass is 16.5. The number of benzene rings is 2. The maximum absolute atomic E-state index is 12.1. The zero-order valence-electron chi connectivity index (χ0n) is 16.8. The molecule has 0 bridgehead atoms. The average Bonchev–Trinajstić information content (AvgIpc) is 3.12. The lowest BCUT2D eigenvalue weighted by molar-refractivity contribution is -0.145. The molecule has 1 aliphatic rings. The molecule has 28 heavy (non-hydrogen) atoms. The van der Waals surface area contributed by atoms with Crippen molar-refractivity contribution in [3.63, 3.8) is 0 Å². The highest BCUT2D eigenvalue weighted by Crippen LogP contribution is 2.28. The lowest BCUT2D eigenvalue weighted by Crippen LogP contribution is -2.48. The number of esters is 1. The fraction of sp³-hybridized carbons (Fsp3) is 0.458. The second kappa shape index (κ2) is 9.85. The maximum atomic E-state index is 12.1. The minimum atomic E-state index is -0.732. The molecular weight excluding hydrogens is 350 g/mol. The Morgan fingerprint density at radius 3 is 1.96 bits per heavy atom. The Labute approximate surface area is 168 Å². The zero-order valence-corrected chi connectivity index (χ0v) is 16.8. The van der Waals surface area contributed by atoms with Gasteiger partial charge in [0.15, 0.2) is 0 Å². The number of hydrogen-bond donors (Lipinski definition) is 1. The summed E-state index contributed by atoms with van der Waals surface area (Å²) in [5.74, 6) is -0.287. The molecule has 1 fully saturated rings. The largest absolute Gasteiger partial charge is 0.465 e. The first-order chi connectivity index (χ1) is 13.5. The van der Waals surface area contributed by atoms with Crippen LogP contribution in [-0.2, 0) is 22.6 Å². The summed E-state index contributed by atoms with van der Waals surface area (Å²) in [5.41, 5.74) is 2.40. The summed E-state index contributed by atoms with van der Waals surface area (Å²) < 4.78 is 5.14. The molecule has 1 saturated heterocycles. The Morgan fingerprint density at radius 2 is 1.54 bits per heavy atom. The van der Waals surface area contributed by atoms with E-state index in [1.165, 1.54) is 11.1 Å². The van der Waals surface area contributed by atoms with Crippen molar-refractivity contribution in [3.8, 4) is 0 Å². The highest BCUT2D eigenvalue weighted by Gasteiger charge is 2.40. The molecule has 4 nitrogen and oxygen atoms in total. The van der Waals surface area contributed by atoms with E-state index in [4.69, 9.17) is 4.74 Å². The van der Waals surface area contributed by atoms with Crippen LogP contribution in [0.1, 0.15) is 37.8 Å². The molecule has 4 heteroatoms. The number of hydrogen-bond acceptors (Lipinski definition) is 4. The summed E-state index contributed by atoms with van der Waals surface area (Å²) in [4.78, 5) is 14.5. The minimum Gasteiger partial charge on any atom is -0.465 e. The average molecular weight is 382 g/mol. The van der Waals surface area contributed by atoms with E-state index in [9.17, 15) is 9.90 Å². The zero-order chi connectivity index (χ0) is 19.9. The van der Waals surface area contributed by atoms with E-state index in [1.54, 1.807) is 0 Å². The molecule has 0 radical (unpaired) electrons. The van der Waals surface area contributed by atoms with Gasteiger partial charge in [0.25, 0.3) is 0 Å². The number of carbonyl (C=O) groups is 1. The fourth-order valence-corrected chi connectivity index (χ4v) is 4.00. The van der Waals surface area contributed by atoms with Crippen molar-refractivity contribution in [2.45, 2.75) is 51.9 Å². The van der Waals surface area contributed by atoms with E-state index in [2.05, 4.69) is 43.0 Å². The fourth-order valence-electron chi connectivity index (χ4n) is 4.00. The van der Waals surface area contributed by atoms with Gasteiger partial charge in [-0.2, -0.15) is 0 Å². The van der Waals surface area contributed by atoms with Gasteiger partial charge in [-0.25, -0.2) is 0 Å². The quantitative estimate of drug-likeness (QED) is 0.667. The van der Waals surface area contributed by atoms with Gasteiger partial charge in [-0.1, -0.05) is 74.5 Å². The van der Waals surface area contributed by atoms with E-state index in [0.717, 1.165) is 19.5 Å². The van der Waals surface area contributed by atoms with E-state index in [1.807, 2.05) is 36.4 Å². The van der Waals surface area contributed by atoms with Crippen molar-refractivity contribution in [3.05, 3.63) is 71.8 Å². The van der Waals surface area contributed by atoms with Crippen LogP contribution in [0.5, 0.6) is 0 Å². The standard InChI is InChI=1S/C24H31NO3/c1-18(2)15-22(23(26)21-13-14-28-24(21)27)25(16-19-9-5-3-6-10-19)17-20-11-7-4-8-12-20/h3-12,18,21-23,26H,13-17H2,1-2H3/t21-,22+,23+/m1/s1. The molecule has 1 heterocycles. The van der Waals surface area contributed by atoms with Crippen molar-refractivity contribution < 1.29 is 14.6 Å². The SMILES string of the molecule is CC(C)C[C@@H]([C@@H](O)[C@H]1CCOC1=O)N(Cc1ccccc1)Cc1ccccc1. The molecule has 0 spiro atoms. The van der Waals surface area contributed by atoms with Gasteiger partial charge in [-0.05, 0) is 29.9 Å². The summed E-state index contributed by atoms with van der Waals surface area (Å²) in [6, 6.07) is 20.5. The Hall–Kier alpha value is -2.17. The number of aliphatic hydroxyl groups excluding tert-OH is 1. The van der Waals surface area contributed by atoms with E-state index >= 15 is 0 Å². The molecule has 2 aromatic rings. The van der Waals surface area contributed by atoms with Crippen molar-refractivity contribution >= 4 is 5.97 Å². The predicted molar refractivity (Wildman–Crippen MR) is 110 cm³/mol. The molecule has 0 amide bonds. The van der Waals surface area contributed by atoms with Crippen LogP contribution in [0, 0.1) is 11.8 Å². The van der Waals surface area contributed by atoms with Crippen molar-refractivity contribution in [1.29, 1.82) is 0 Å². The van der Waals surface area contributed by atoms with Crippen molar-refractivity contribution in [2.75, 3.05) is 6.61 Å². The second-order valence-corrected chi connectivity index (χ2v) is 8.13. The predicted octanol–water partition coefficient (Wildman–Crippen LogP) is 4.03. The van der Waals surface area contributed by atoms with Gasteiger partial charge in [0, 0.05) is 19.1 Å². The van der Waals surface area contributed by atoms with Crippen LogP contribution >= 0.6 is 0 Å². The first-order valence-electron chi connectivity index (χ1n) is 10.2. The molecule has 0 saturated carbocycles. The van der Waals surface area contributed by atoms with Crippen LogP contribution in [-0.4, -0.2) is 34.7 Å². The number of cyclic esters (lactones) is 1. The molecule has 1 N–H and O–H groups in total. The number of rotatable bonds is 9. The molecule has 150 valence electrons. The third-order valence-electron chi connectivity index (χ3n) is 5.42. The van der Waals surface area contributed by atoms with Crippen LogP contribution in [0.2, 0.25) is 0 Å². The highest BCUT2D eigenvalue weighted by molar-refractivity contribution is 5.74. The van der Waals surface area contributed by atoms with Gasteiger partial charge < -0.3 is 9.84 Å². The Balaban J connectivity index is 1.88. The monoisotopic (exact) mass is 381 g/mol. The Bertz CT molecular complexity index is 691. The van der Waals surface area contributed by atoms with Gasteiger partial charge in [-0.3, -0.25) is 9.69 Å². The first kappa shape index (κ1) is 20.6. The van der Waals surface area contributed by atoms with Crippen molar-refractivity contribution in [1.82, 2.24) is 4.90 Å². The molecular formula is C24H31NO3. The smallest absolute Gasteiger partial charge is 0.311 e. The summed E-state index contributed by atoms with van der Waals surface area (Å²) in [6.07, 6.45) is 0.689. The third kappa shape index (κ3) is 5.43. The Kier molecular flexibility index (Phi) is 7.24. The molecule has 3 rings (SSSR count). The van der Waals surface area contributed by atoms with Crippen LogP contribution in [0.25, 0.3) is 0 Å². The lowest BCUT2D eigenvalue weighted by atomic mass is 9.88. The normalized spacial score (nSPS) is 19.0. The van der Waals surface area contributed by atoms with Gasteiger partial charge >= 0.3 is 5.97 Å². The number of carbonyl (C=O) groups excluding carboxylic acids is 1. The molecule has 0 unspecified atom stereocenters. The first-order valence-corrected chi connectivity index (χ1v) is 10.2. The van der Waals surface area contributed by atoms with Crippen LogP contribution in [0.15, 0.2) is 60.7 Å². The van der Waals surface area contributed by atoms with Gasteiger partial charge in [0.2, 0.25) is 0 Å². The molecule has 0 aromatic heterocycles. The van der Waals surface area contributed by atoms with Crippen LogP contribution in [0.4, 0.5) is 0 Å². The summed E-state index contributed by atoms with van der Waals surface area (Å²) in [6.45, 7) is 6.19. The summed E-state index contributed by atoms with van der Waals surface area (Å²) in [7, 11) is 0. The third-order valence-corrected chi connectivity index (χ3v) is 5.42. The number of aliphatic hydroxyl groups is 1. The summed E-state index contributed by atoms with van der Waals surface area (Å²) >= 11 is 0. The topological polar surface area (TPSA) is 49.8 Å². The van der Waals surface area contributed by atoms with Gasteiger partial charge in [0.05, 0.1) is 18.6 Å². The molecule has 3 atom stereocenters.